The minimum Gasteiger partial charge on any atom is -0.306 e. The molecule has 118 valence electrons. The largest absolute Gasteiger partial charge is 0.306 e. The Morgan fingerprint density at radius 2 is 1.35 bits per heavy atom. The van der Waals surface area contributed by atoms with Crippen LogP contribution in [0.5, 0.6) is 0 Å². The fourth-order valence-electron chi connectivity index (χ4n) is 3.88. The number of allylic oxidation sites excluding steroid dienone is 1. The van der Waals surface area contributed by atoms with Crippen LogP contribution in [0.25, 0.3) is 0 Å². The van der Waals surface area contributed by atoms with Crippen molar-refractivity contribution >= 4 is 8.07 Å². The second-order valence-corrected chi connectivity index (χ2v) is 11.7. The van der Waals surface area contributed by atoms with Gasteiger partial charge in [0.25, 0.3) is 0 Å². The summed E-state index contributed by atoms with van der Waals surface area (Å²) in [6, 6.07) is 2.90. The molecule has 0 spiro atoms. The third-order valence-electron chi connectivity index (χ3n) is 5.09. The van der Waals surface area contributed by atoms with Crippen LogP contribution in [0.1, 0.15) is 72.1 Å². The molecule has 1 nitrogen and oxygen atoms in total. The summed E-state index contributed by atoms with van der Waals surface area (Å²) in [5.74, 6) is 0. The molecule has 2 heteroatoms. The Morgan fingerprint density at radius 1 is 0.900 bits per heavy atom. The van der Waals surface area contributed by atoms with Gasteiger partial charge < -0.3 is 4.90 Å². The molecule has 1 aliphatic heterocycles. The van der Waals surface area contributed by atoms with Crippen molar-refractivity contribution in [3.05, 3.63) is 11.8 Å². The highest BCUT2D eigenvalue weighted by Crippen LogP contribution is 2.28. The topological polar surface area (TPSA) is 3.24 Å². The molecule has 0 radical (unpaired) electrons. The standard InChI is InChI=1S/C18H37NSi/c1-5-15-20(16-6-2,18(3)4)17-19-13-11-9-7-8-10-12-14-19/h3,5-17H2,1-2,4H3. The van der Waals surface area contributed by atoms with E-state index in [0.717, 1.165) is 0 Å². The van der Waals surface area contributed by atoms with Gasteiger partial charge in [-0.2, -0.15) is 0 Å². The van der Waals surface area contributed by atoms with Gasteiger partial charge in [-0.3, -0.25) is 0 Å². The van der Waals surface area contributed by atoms with Gasteiger partial charge in [0.1, 0.15) is 0 Å². The normalized spacial score (nSPS) is 19.1. The molecule has 0 aliphatic carbocycles. The highest BCUT2D eigenvalue weighted by molar-refractivity contribution is 6.86. The first-order valence-electron chi connectivity index (χ1n) is 9.03. The third kappa shape index (κ3) is 5.73. The van der Waals surface area contributed by atoms with E-state index in [1.165, 1.54) is 82.7 Å². The van der Waals surface area contributed by atoms with Crippen LogP contribution in [0.4, 0.5) is 0 Å². The first-order valence-corrected chi connectivity index (χ1v) is 11.6. The minimum absolute atomic E-state index is 1.28. The Morgan fingerprint density at radius 3 is 1.75 bits per heavy atom. The molecule has 1 aliphatic rings. The van der Waals surface area contributed by atoms with Gasteiger partial charge in [0.15, 0.2) is 0 Å². The molecule has 0 N–H and O–H groups in total. The fourth-order valence-corrected chi connectivity index (χ4v) is 8.65. The summed E-state index contributed by atoms with van der Waals surface area (Å²) in [7, 11) is -1.28. The summed E-state index contributed by atoms with van der Waals surface area (Å²) in [5, 5.41) is 1.56. The van der Waals surface area contributed by atoms with Crippen molar-refractivity contribution in [2.75, 3.05) is 19.3 Å². The predicted molar refractivity (Wildman–Crippen MR) is 94.9 cm³/mol. The summed E-state index contributed by atoms with van der Waals surface area (Å²) < 4.78 is 0. The van der Waals surface area contributed by atoms with Gasteiger partial charge in [-0.15, -0.1) is 6.58 Å². The van der Waals surface area contributed by atoms with E-state index in [1.807, 2.05) is 0 Å². The van der Waals surface area contributed by atoms with Crippen LogP contribution in [0.3, 0.4) is 0 Å². The lowest BCUT2D eigenvalue weighted by molar-refractivity contribution is 0.304. The van der Waals surface area contributed by atoms with E-state index in [1.54, 1.807) is 5.20 Å². The van der Waals surface area contributed by atoms with Crippen molar-refractivity contribution < 1.29 is 0 Å². The smallest absolute Gasteiger partial charge is 0.0946 e. The quantitative estimate of drug-likeness (QED) is 0.555. The van der Waals surface area contributed by atoms with Gasteiger partial charge in [0, 0.05) is 0 Å². The molecular formula is C18H37NSi. The Labute approximate surface area is 128 Å². The van der Waals surface area contributed by atoms with E-state index < -0.39 is 8.07 Å². The van der Waals surface area contributed by atoms with Crippen LogP contribution < -0.4 is 0 Å². The van der Waals surface area contributed by atoms with E-state index in [4.69, 9.17) is 0 Å². The average molecular weight is 296 g/mol. The van der Waals surface area contributed by atoms with Crippen LogP contribution in [-0.4, -0.2) is 32.2 Å². The summed E-state index contributed by atoms with van der Waals surface area (Å²) in [6.07, 6.45) is 12.7. The van der Waals surface area contributed by atoms with Crippen molar-refractivity contribution in [1.82, 2.24) is 4.90 Å². The van der Waals surface area contributed by atoms with E-state index in [2.05, 4.69) is 32.3 Å². The summed E-state index contributed by atoms with van der Waals surface area (Å²) in [4.78, 5) is 2.82. The summed E-state index contributed by atoms with van der Waals surface area (Å²) >= 11 is 0. The van der Waals surface area contributed by atoms with Crippen LogP contribution in [0.2, 0.25) is 12.1 Å². The minimum atomic E-state index is -1.28. The maximum atomic E-state index is 4.43. The average Bonchev–Trinajstić information content (AvgIpc) is 2.53. The van der Waals surface area contributed by atoms with E-state index >= 15 is 0 Å². The molecule has 0 saturated carbocycles. The second-order valence-electron chi connectivity index (χ2n) is 6.96. The van der Waals surface area contributed by atoms with Gasteiger partial charge in [-0.1, -0.05) is 69.7 Å². The van der Waals surface area contributed by atoms with Crippen molar-refractivity contribution in [3.8, 4) is 0 Å². The van der Waals surface area contributed by atoms with Crippen LogP contribution in [-0.2, 0) is 0 Å². The number of hydrogen-bond donors (Lipinski definition) is 0. The zero-order valence-corrected chi connectivity index (χ0v) is 15.3. The van der Waals surface area contributed by atoms with Crippen LogP contribution in [0.15, 0.2) is 11.8 Å². The second kappa shape index (κ2) is 9.78. The molecule has 1 rings (SSSR count). The lowest BCUT2D eigenvalue weighted by Crippen LogP contribution is -2.49. The molecular weight excluding hydrogens is 258 g/mol. The number of hydrogen-bond acceptors (Lipinski definition) is 1. The van der Waals surface area contributed by atoms with Gasteiger partial charge in [-0.25, -0.2) is 0 Å². The molecule has 0 atom stereocenters. The first kappa shape index (κ1) is 18.0. The highest BCUT2D eigenvalue weighted by atomic mass is 28.3. The first-order chi connectivity index (χ1) is 9.64. The maximum absolute atomic E-state index is 4.43. The molecule has 1 heterocycles. The monoisotopic (exact) mass is 295 g/mol. The Balaban J connectivity index is 2.71. The van der Waals surface area contributed by atoms with Crippen molar-refractivity contribution in [3.63, 3.8) is 0 Å². The molecule has 0 aromatic heterocycles. The molecule has 0 amide bonds. The van der Waals surface area contributed by atoms with Crippen LogP contribution in [0, 0.1) is 0 Å². The number of nitrogens with zero attached hydrogens (tertiary/aromatic N) is 1. The fraction of sp³-hybridized carbons (Fsp3) is 0.889. The van der Waals surface area contributed by atoms with Gasteiger partial charge >= 0.3 is 0 Å². The predicted octanol–water partition coefficient (Wildman–Crippen LogP) is 5.57. The van der Waals surface area contributed by atoms with Crippen molar-refractivity contribution in [2.24, 2.45) is 0 Å². The molecule has 20 heavy (non-hydrogen) atoms. The zero-order chi connectivity index (χ0) is 14.8. The number of rotatable bonds is 7. The van der Waals surface area contributed by atoms with E-state index in [-0.39, 0.29) is 0 Å². The van der Waals surface area contributed by atoms with E-state index in [9.17, 15) is 0 Å². The molecule has 0 aromatic carbocycles. The van der Waals surface area contributed by atoms with Gasteiger partial charge in [0.05, 0.1) is 8.07 Å². The Hall–Kier alpha value is -0.0831. The molecule has 0 unspecified atom stereocenters. The molecule has 1 saturated heterocycles. The van der Waals surface area contributed by atoms with Gasteiger partial charge in [0.2, 0.25) is 0 Å². The third-order valence-corrected chi connectivity index (χ3v) is 10.9. The lowest BCUT2D eigenvalue weighted by Gasteiger charge is -2.37. The van der Waals surface area contributed by atoms with E-state index in [0.29, 0.717) is 0 Å². The van der Waals surface area contributed by atoms with Crippen molar-refractivity contribution in [2.45, 2.75) is 84.2 Å². The summed E-state index contributed by atoms with van der Waals surface area (Å²) in [6.45, 7) is 14.2. The Bertz CT molecular complexity index is 259. The Kier molecular flexibility index (Phi) is 8.79. The zero-order valence-electron chi connectivity index (χ0n) is 14.3. The van der Waals surface area contributed by atoms with Crippen molar-refractivity contribution in [1.29, 1.82) is 0 Å². The van der Waals surface area contributed by atoms with Crippen LogP contribution >= 0.6 is 0 Å². The van der Waals surface area contributed by atoms with Gasteiger partial charge in [-0.05, 0) is 39.0 Å². The summed E-state index contributed by atoms with van der Waals surface area (Å²) in [5.41, 5.74) is 0. The maximum Gasteiger partial charge on any atom is 0.0946 e. The highest BCUT2D eigenvalue weighted by Gasteiger charge is 2.33. The molecule has 0 aromatic rings. The molecule has 0 bridgehead atoms. The molecule has 1 fully saturated rings. The lowest BCUT2D eigenvalue weighted by atomic mass is 10.1. The SMILES string of the molecule is C=C(C)[Si](CCC)(CCC)CN1CCCCCCCC1.